The minimum absolute atomic E-state index is 0.495. The summed E-state index contributed by atoms with van der Waals surface area (Å²) in [6.45, 7) is 7.76. The van der Waals surface area contributed by atoms with Crippen molar-refractivity contribution in [1.29, 1.82) is 0 Å². The minimum atomic E-state index is 0.495. The Morgan fingerprint density at radius 3 is 2.47 bits per heavy atom. The van der Waals surface area contributed by atoms with Crippen LogP contribution in [0.15, 0.2) is 54.7 Å². The molecule has 2 aromatic carbocycles. The fourth-order valence-corrected chi connectivity index (χ4v) is 4.11. The fourth-order valence-electron chi connectivity index (χ4n) is 4.11. The molecular formula is C27H31N3O2. The molecule has 0 unspecified atom stereocenters. The Hall–Kier alpha value is -3.18. The van der Waals surface area contributed by atoms with Gasteiger partial charge in [0.1, 0.15) is 17.1 Å². The van der Waals surface area contributed by atoms with Crippen molar-refractivity contribution in [3.05, 3.63) is 77.1 Å². The van der Waals surface area contributed by atoms with Gasteiger partial charge in [-0.05, 0) is 54.2 Å². The smallest absolute Gasteiger partial charge is 0.145 e. The van der Waals surface area contributed by atoms with Crippen molar-refractivity contribution in [3.8, 4) is 17.1 Å². The summed E-state index contributed by atoms with van der Waals surface area (Å²) in [6, 6.07) is 17.1. The molecule has 0 aliphatic carbocycles. The number of hydrogen-bond acceptors (Lipinski definition) is 4. The predicted molar refractivity (Wildman–Crippen MR) is 129 cm³/mol. The number of hydrogen-bond donors (Lipinski definition) is 0. The molecule has 0 saturated heterocycles. The lowest BCUT2D eigenvalue weighted by atomic mass is 10.0. The van der Waals surface area contributed by atoms with Gasteiger partial charge in [0.15, 0.2) is 0 Å². The maximum absolute atomic E-state index is 5.84. The molecule has 0 saturated carbocycles. The Bertz CT molecular complexity index is 1210. The SMILES string of the molecule is COCCn1c(-c2ccc(C(C)C)cc2)nc2cc(Cc3cccnc3C)cc(OC)c21. The van der Waals surface area contributed by atoms with E-state index in [1.807, 2.05) is 19.2 Å². The van der Waals surface area contributed by atoms with Crippen LogP contribution >= 0.6 is 0 Å². The molecule has 5 heteroatoms. The molecule has 32 heavy (non-hydrogen) atoms. The normalized spacial score (nSPS) is 11.4. The average Bonchev–Trinajstić information content (AvgIpc) is 3.17. The molecule has 0 aliphatic heterocycles. The van der Waals surface area contributed by atoms with Gasteiger partial charge in [0.25, 0.3) is 0 Å². The Morgan fingerprint density at radius 2 is 1.81 bits per heavy atom. The highest BCUT2D eigenvalue weighted by atomic mass is 16.5. The zero-order valence-electron chi connectivity index (χ0n) is 19.6. The second-order valence-corrected chi connectivity index (χ2v) is 8.45. The van der Waals surface area contributed by atoms with E-state index in [1.54, 1.807) is 14.2 Å². The summed E-state index contributed by atoms with van der Waals surface area (Å²) < 4.78 is 13.4. The van der Waals surface area contributed by atoms with Crippen LogP contribution in [0.2, 0.25) is 0 Å². The zero-order valence-corrected chi connectivity index (χ0v) is 19.6. The summed E-state index contributed by atoms with van der Waals surface area (Å²) in [4.78, 5) is 9.48. The van der Waals surface area contributed by atoms with Gasteiger partial charge < -0.3 is 14.0 Å². The second kappa shape index (κ2) is 9.53. The first-order valence-corrected chi connectivity index (χ1v) is 11.1. The Balaban J connectivity index is 1.84. The third-order valence-electron chi connectivity index (χ3n) is 5.95. The van der Waals surface area contributed by atoms with Crippen molar-refractivity contribution < 1.29 is 9.47 Å². The summed E-state index contributed by atoms with van der Waals surface area (Å²) in [7, 11) is 3.44. The molecule has 4 aromatic rings. The van der Waals surface area contributed by atoms with Gasteiger partial charge in [0.2, 0.25) is 0 Å². The van der Waals surface area contributed by atoms with Gasteiger partial charge in [-0.15, -0.1) is 0 Å². The van der Waals surface area contributed by atoms with Gasteiger partial charge in [-0.1, -0.05) is 44.2 Å². The lowest BCUT2D eigenvalue weighted by molar-refractivity contribution is 0.188. The molecule has 5 nitrogen and oxygen atoms in total. The molecule has 0 aliphatic rings. The number of pyridine rings is 1. The number of imidazole rings is 1. The fraction of sp³-hybridized carbons (Fsp3) is 0.333. The van der Waals surface area contributed by atoms with E-state index in [-0.39, 0.29) is 0 Å². The third-order valence-corrected chi connectivity index (χ3v) is 5.95. The predicted octanol–water partition coefficient (Wildman–Crippen LogP) is 5.78. The minimum Gasteiger partial charge on any atom is -0.494 e. The van der Waals surface area contributed by atoms with Gasteiger partial charge in [0, 0.05) is 31.1 Å². The third kappa shape index (κ3) is 4.39. The van der Waals surface area contributed by atoms with E-state index >= 15 is 0 Å². The number of rotatable bonds is 8. The second-order valence-electron chi connectivity index (χ2n) is 8.45. The van der Waals surface area contributed by atoms with Crippen LogP contribution in [0.4, 0.5) is 0 Å². The van der Waals surface area contributed by atoms with Gasteiger partial charge >= 0.3 is 0 Å². The summed E-state index contributed by atoms with van der Waals surface area (Å²) in [5.41, 5.74) is 7.75. The van der Waals surface area contributed by atoms with Crippen LogP contribution < -0.4 is 4.74 Å². The Labute approximate surface area is 190 Å². The van der Waals surface area contributed by atoms with Crippen LogP contribution in [0.3, 0.4) is 0 Å². The molecule has 0 fully saturated rings. The largest absolute Gasteiger partial charge is 0.494 e. The van der Waals surface area contributed by atoms with Crippen LogP contribution in [0.1, 0.15) is 42.1 Å². The molecule has 0 N–H and O–H groups in total. The highest BCUT2D eigenvalue weighted by molar-refractivity contribution is 5.87. The van der Waals surface area contributed by atoms with Gasteiger partial charge in [-0.2, -0.15) is 0 Å². The van der Waals surface area contributed by atoms with E-state index < -0.39 is 0 Å². The van der Waals surface area contributed by atoms with Crippen molar-refractivity contribution in [2.24, 2.45) is 0 Å². The number of nitrogens with zero attached hydrogens (tertiary/aromatic N) is 3. The first kappa shape index (κ1) is 22.0. The molecule has 166 valence electrons. The topological polar surface area (TPSA) is 49.2 Å². The molecule has 0 radical (unpaired) electrons. The van der Waals surface area contributed by atoms with E-state index in [0.717, 1.165) is 45.8 Å². The molecule has 0 atom stereocenters. The number of aromatic nitrogens is 3. The number of ether oxygens (including phenoxy) is 2. The average molecular weight is 430 g/mol. The lowest BCUT2D eigenvalue weighted by Crippen LogP contribution is -2.07. The van der Waals surface area contributed by atoms with Crippen molar-refractivity contribution in [3.63, 3.8) is 0 Å². The molecule has 2 aromatic heterocycles. The molecule has 2 heterocycles. The molecular weight excluding hydrogens is 398 g/mol. The Morgan fingerprint density at radius 1 is 1.03 bits per heavy atom. The molecule has 0 spiro atoms. The highest BCUT2D eigenvalue weighted by Crippen LogP contribution is 2.33. The molecule has 0 amide bonds. The van der Waals surface area contributed by atoms with E-state index in [9.17, 15) is 0 Å². The van der Waals surface area contributed by atoms with Crippen LogP contribution in [0.5, 0.6) is 5.75 Å². The van der Waals surface area contributed by atoms with Crippen molar-refractivity contribution >= 4 is 11.0 Å². The van der Waals surface area contributed by atoms with Crippen molar-refractivity contribution in [1.82, 2.24) is 14.5 Å². The van der Waals surface area contributed by atoms with Crippen LogP contribution in [-0.2, 0) is 17.7 Å². The van der Waals surface area contributed by atoms with Crippen LogP contribution in [0.25, 0.3) is 22.4 Å². The molecule has 0 bridgehead atoms. The maximum atomic E-state index is 5.84. The summed E-state index contributed by atoms with van der Waals surface area (Å²) >= 11 is 0. The van der Waals surface area contributed by atoms with Crippen LogP contribution in [-0.4, -0.2) is 35.4 Å². The number of methoxy groups -OCH3 is 2. The summed E-state index contributed by atoms with van der Waals surface area (Å²) in [5, 5.41) is 0. The summed E-state index contributed by atoms with van der Waals surface area (Å²) in [6.07, 6.45) is 2.62. The van der Waals surface area contributed by atoms with Gasteiger partial charge in [-0.3, -0.25) is 4.98 Å². The number of aryl methyl sites for hydroxylation is 1. The first-order chi connectivity index (χ1) is 15.5. The van der Waals surface area contributed by atoms with E-state index in [1.165, 1.54) is 11.1 Å². The van der Waals surface area contributed by atoms with Crippen molar-refractivity contribution in [2.45, 2.75) is 39.7 Å². The maximum Gasteiger partial charge on any atom is 0.145 e. The highest BCUT2D eigenvalue weighted by Gasteiger charge is 2.18. The first-order valence-electron chi connectivity index (χ1n) is 11.1. The number of benzene rings is 2. The van der Waals surface area contributed by atoms with Crippen molar-refractivity contribution in [2.75, 3.05) is 20.8 Å². The van der Waals surface area contributed by atoms with E-state index in [0.29, 0.717) is 19.1 Å². The van der Waals surface area contributed by atoms with Crippen LogP contribution in [0, 0.1) is 6.92 Å². The Kier molecular flexibility index (Phi) is 6.56. The monoisotopic (exact) mass is 429 g/mol. The number of fused-ring (bicyclic) bond motifs is 1. The zero-order chi connectivity index (χ0) is 22.7. The van der Waals surface area contributed by atoms with E-state index in [2.05, 4.69) is 65.9 Å². The van der Waals surface area contributed by atoms with Gasteiger partial charge in [0.05, 0.1) is 19.2 Å². The standard InChI is InChI=1S/C27H31N3O2/c1-18(2)21-8-10-22(11-9-21)27-29-24-16-20(15-23-7-6-12-28-19(23)3)17-25(32-5)26(24)30(27)13-14-31-4/h6-12,16-18H,13-15H2,1-5H3. The van der Waals surface area contributed by atoms with E-state index in [4.69, 9.17) is 14.5 Å². The lowest BCUT2D eigenvalue weighted by Gasteiger charge is -2.13. The molecule has 4 rings (SSSR count). The quantitative estimate of drug-likeness (QED) is 0.356. The summed E-state index contributed by atoms with van der Waals surface area (Å²) in [5.74, 6) is 2.25. The van der Waals surface area contributed by atoms with Gasteiger partial charge in [-0.25, -0.2) is 4.98 Å².